The summed E-state index contributed by atoms with van der Waals surface area (Å²) in [5, 5.41) is 12.4. The Morgan fingerprint density at radius 2 is 1.90 bits per heavy atom. The zero-order valence-corrected chi connectivity index (χ0v) is 19.2. The summed E-state index contributed by atoms with van der Waals surface area (Å²) in [5.74, 6) is 1.04. The predicted molar refractivity (Wildman–Crippen MR) is 122 cm³/mol. The van der Waals surface area contributed by atoms with Gasteiger partial charge in [0.25, 0.3) is 0 Å². The number of rotatable bonds is 4. The van der Waals surface area contributed by atoms with Crippen molar-refractivity contribution in [3.05, 3.63) is 35.4 Å². The maximum absolute atomic E-state index is 12.4. The molecule has 1 N–H and O–H groups in total. The first kappa shape index (κ1) is 23.4. The number of hydrogen-bond acceptors (Lipinski definition) is 5. The van der Waals surface area contributed by atoms with E-state index < -0.39 is 0 Å². The van der Waals surface area contributed by atoms with Crippen molar-refractivity contribution in [3.8, 4) is 6.07 Å². The summed E-state index contributed by atoms with van der Waals surface area (Å²) in [5.41, 5.74) is 1.71. The number of carbonyl (C=O) groups excluding carboxylic acids is 1. The summed E-state index contributed by atoms with van der Waals surface area (Å²) in [6.07, 6.45) is 0. The van der Waals surface area contributed by atoms with Gasteiger partial charge in [0.1, 0.15) is 0 Å². The Hall–Kier alpha value is -1.90. The fraction of sp³-hybridized carbons (Fsp3) is 0.550. The van der Waals surface area contributed by atoms with Gasteiger partial charge in [0.15, 0.2) is 5.96 Å². The number of carbonyl (C=O) groups is 1. The largest absolute Gasteiger partial charge is 0.378 e. The average Bonchev–Trinajstić information content (AvgIpc) is 2.76. The highest BCUT2D eigenvalue weighted by atomic mass is 127. The third-order valence-corrected chi connectivity index (χ3v) is 5.11. The molecule has 8 nitrogen and oxygen atoms in total. The van der Waals surface area contributed by atoms with E-state index in [2.05, 4.69) is 26.2 Å². The van der Waals surface area contributed by atoms with Crippen LogP contribution < -0.4 is 5.32 Å². The highest BCUT2D eigenvalue weighted by Crippen LogP contribution is 2.07. The molecule has 0 saturated carbocycles. The van der Waals surface area contributed by atoms with Crippen LogP contribution >= 0.6 is 24.0 Å². The van der Waals surface area contributed by atoms with Crippen molar-refractivity contribution in [1.29, 1.82) is 5.26 Å². The molecule has 0 spiro atoms. The lowest BCUT2D eigenvalue weighted by molar-refractivity contribution is -0.136. The van der Waals surface area contributed by atoms with Crippen LogP contribution in [-0.2, 0) is 16.1 Å². The molecule has 2 aliphatic heterocycles. The van der Waals surface area contributed by atoms with Crippen LogP contribution in [0, 0.1) is 11.3 Å². The van der Waals surface area contributed by atoms with E-state index in [-0.39, 0.29) is 29.9 Å². The van der Waals surface area contributed by atoms with Gasteiger partial charge in [-0.3, -0.25) is 14.7 Å². The van der Waals surface area contributed by atoms with E-state index in [9.17, 15) is 4.79 Å². The summed E-state index contributed by atoms with van der Waals surface area (Å²) < 4.78 is 5.31. The van der Waals surface area contributed by atoms with E-state index in [1.807, 2.05) is 23.1 Å². The molecule has 9 heteroatoms. The van der Waals surface area contributed by atoms with E-state index in [1.54, 1.807) is 13.1 Å². The van der Waals surface area contributed by atoms with Crippen LogP contribution in [0.2, 0.25) is 0 Å². The number of morpholine rings is 1. The summed E-state index contributed by atoms with van der Waals surface area (Å²) >= 11 is 0. The highest BCUT2D eigenvalue weighted by molar-refractivity contribution is 14.0. The molecule has 2 aliphatic rings. The normalized spacial score (nSPS) is 18.0. The van der Waals surface area contributed by atoms with Crippen LogP contribution in [0.25, 0.3) is 0 Å². The number of hydrogen-bond donors (Lipinski definition) is 1. The highest BCUT2D eigenvalue weighted by Gasteiger charge is 2.24. The van der Waals surface area contributed by atoms with Gasteiger partial charge >= 0.3 is 0 Å². The van der Waals surface area contributed by atoms with Crippen LogP contribution in [-0.4, -0.2) is 92.6 Å². The van der Waals surface area contributed by atoms with Crippen molar-refractivity contribution >= 4 is 35.8 Å². The number of nitriles is 1. The first-order valence-electron chi connectivity index (χ1n) is 9.72. The van der Waals surface area contributed by atoms with Gasteiger partial charge in [-0.25, -0.2) is 0 Å². The number of benzene rings is 1. The van der Waals surface area contributed by atoms with Gasteiger partial charge in [-0.05, 0) is 17.7 Å². The van der Waals surface area contributed by atoms with Crippen molar-refractivity contribution in [2.75, 3.05) is 66.1 Å². The van der Waals surface area contributed by atoms with Gasteiger partial charge in [0.05, 0.1) is 31.4 Å². The van der Waals surface area contributed by atoms with Crippen LogP contribution in [0.15, 0.2) is 29.3 Å². The maximum Gasteiger partial charge on any atom is 0.236 e. The Balaban J connectivity index is 0.00000300. The average molecular weight is 512 g/mol. The van der Waals surface area contributed by atoms with Gasteiger partial charge in [-0.2, -0.15) is 5.26 Å². The molecular formula is C20H29IN6O2. The van der Waals surface area contributed by atoms with Gasteiger partial charge in [0, 0.05) is 52.9 Å². The van der Waals surface area contributed by atoms with Crippen molar-refractivity contribution in [2.24, 2.45) is 4.99 Å². The van der Waals surface area contributed by atoms with Crippen LogP contribution in [0.5, 0.6) is 0 Å². The van der Waals surface area contributed by atoms with Crippen LogP contribution in [0.1, 0.15) is 11.1 Å². The van der Waals surface area contributed by atoms with Crippen molar-refractivity contribution < 1.29 is 9.53 Å². The second-order valence-electron chi connectivity index (χ2n) is 6.97. The number of piperazine rings is 1. The molecule has 2 saturated heterocycles. The van der Waals surface area contributed by atoms with E-state index in [1.165, 1.54) is 0 Å². The lowest BCUT2D eigenvalue weighted by atomic mass is 10.1. The third-order valence-electron chi connectivity index (χ3n) is 5.11. The Bertz CT molecular complexity index is 737. The van der Waals surface area contributed by atoms with E-state index >= 15 is 0 Å². The number of amides is 1. The molecule has 0 unspecified atom stereocenters. The summed E-state index contributed by atoms with van der Waals surface area (Å²) in [6, 6.07) is 9.74. The summed E-state index contributed by atoms with van der Waals surface area (Å²) in [4.78, 5) is 23.1. The Labute approximate surface area is 189 Å². The second kappa shape index (κ2) is 11.9. The Morgan fingerprint density at radius 1 is 1.17 bits per heavy atom. The molecule has 1 amide bonds. The molecule has 3 rings (SSSR count). The molecule has 1 aromatic carbocycles. The molecule has 29 heavy (non-hydrogen) atoms. The summed E-state index contributed by atoms with van der Waals surface area (Å²) in [7, 11) is 1.78. The number of guanidine groups is 1. The number of nitrogens with one attached hydrogen (secondary N) is 1. The monoisotopic (exact) mass is 512 g/mol. The zero-order chi connectivity index (χ0) is 19.8. The van der Waals surface area contributed by atoms with E-state index in [4.69, 9.17) is 10.00 Å². The lowest BCUT2D eigenvalue weighted by Crippen LogP contribution is -2.54. The molecule has 2 heterocycles. The fourth-order valence-electron chi connectivity index (χ4n) is 3.49. The fourth-order valence-corrected chi connectivity index (χ4v) is 3.49. The van der Waals surface area contributed by atoms with Gasteiger partial charge in [-0.15, -0.1) is 24.0 Å². The molecule has 0 bridgehead atoms. The minimum Gasteiger partial charge on any atom is -0.378 e. The first-order chi connectivity index (χ1) is 13.7. The topological polar surface area (TPSA) is 84.2 Å². The smallest absolute Gasteiger partial charge is 0.236 e. The SMILES string of the molecule is CN=C(NCc1cccc(C#N)c1)N1CCN(CC(=O)N2CCOCC2)CC1.I. The van der Waals surface area contributed by atoms with Gasteiger partial charge < -0.3 is 19.9 Å². The van der Waals surface area contributed by atoms with Gasteiger partial charge in [0.2, 0.25) is 5.91 Å². The van der Waals surface area contributed by atoms with E-state index in [0.29, 0.717) is 45.0 Å². The Kier molecular flexibility index (Phi) is 9.63. The molecule has 0 radical (unpaired) electrons. The molecule has 0 atom stereocenters. The molecule has 1 aromatic rings. The molecule has 0 aromatic heterocycles. The van der Waals surface area contributed by atoms with E-state index in [0.717, 1.165) is 37.7 Å². The molecule has 2 fully saturated rings. The number of aliphatic imine (C=N–C) groups is 1. The standard InChI is InChI=1S/C20H28N6O2.HI/c1-22-20(23-15-18-4-2-3-17(13-18)14-21)26-7-5-24(6-8-26)16-19(27)25-9-11-28-12-10-25;/h2-4,13H,5-12,15-16H2,1H3,(H,22,23);1H. The van der Waals surface area contributed by atoms with Gasteiger partial charge in [-0.1, -0.05) is 12.1 Å². The molecule has 0 aliphatic carbocycles. The number of nitrogens with zero attached hydrogens (tertiary/aromatic N) is 5. The Morgan fingerprint density at radius 3 is 2.55 bits per heavy atom. The van der Waals surface area contributed by atoms with Crippen LogP contribution in [0.3, 0.4) is 0 Å². The van der Waals surface area contributed by atoms with Crippen molar-refractivity contribution in [3.63, 3.8) is 0 Å². The summed E-state index contributed by atoms with van der Waals surface area (Å²) in [6.45, 7) is 7.09. The van der Waals surface area contributed by atoms with Crippen LogP contribution in [0.4, 0.5) is 0 Å². The van der Waals surface area contributed by atoms with Crippen molar-refractivity contribution in [2.45, 2.75) is 6.54 Å². The zero-order valence-electron chi connectivity index (χ0n) is 16.8. The predicted octanol–water partition coefficient (Wildman–Crippen LogP) is 0.728. The maximum atomic E-state index is 12.4. The number of ether oxygens (including phenoxy) is 1. The first-order valence-corrected chi connectivity index (χ1v) is 9.72. The number of halogens is 1. The molecular weight excluding hydrogens is 483 g/mol. The second-order valence-corrected chi connectivity index (χ2v) is 6.97. The minimum atomic E-state index is 0. The molecule has 158 valence electrons. The quantitative estimate of drug-likeness (QED) is 0.364. The minimum absolute atomic E-state index is 0. The third kappa shape index (κ3) is 6.83. The lowest BCUT2D eigenvalue weighted by Gasteiger charge is -2.37. The van der Waals surface area contributed by atoms with Crippen molar-refractivity contribution in [1.82, 2.24) is 20.0 Å².